The van der Waals surface area contributed by atoms with Crippen molar-refractivity contribution in [3.8, 4) is 6.07 Å². The highest BCUT2D eigenvalue weighted by Crippen LogP contribution is 2.38. The van der Waals surface area contributed by atoms with Crippen LogP contribution in [0, 0.1) is 17.9 Å². The van der Waals surface area contributed by atoms with Crippen LogP contribution in [0.4, 0.5) is 5.69 Å². The lowest BCUT2D eigenvalue weighted by atomic mass is 10.2. The van der Waals surface area contributed by atoms with Crippen molar-refractivity contribution in [3.05, 3.63) is 46.6 Å². The maximum Gasteiger partial charge on any atom is 0.192 e. The minimum Gasteiger partial charge on any atom is -0.415 e. The quantitative estimate of drug-likeness (QED) is 0.342. The normalized spacial score (nSPS) is 11.9. The van der Waals surface area contributed by atoms with Crippen LogP contribution in [0.15, 0.2) is 28.0 Å². The van der Waals surface area contributed by atoms with Crippen LogP contribution in [0.3, 0.4) is 0 Å². The summed E-state index contributed by atoms with van der Waals surface area (Å²) in [7, 11) is -1.79. The number of nitrogens with zero attached hydrogens (tertiary/aromatic N) is 4. The van der Waals surface area contributed by atoms with Gasteiger partial charge in [-0.2, -0.15) is 10.4 Å². The first-order valence-corrected chi connectivity index (χ1v) is 14.1. The fourth-order valence-electron chi connectivity index (χ4n) is 2.91. The average molecular weight is 441 g/mol. The Hall–Kier alpha value is -2.06. The molecule has 0 amide bonds. The third-order valence-corrected chi connectivity index (χ3v) is 11.4. The van der Waals surface area contributed by atoms with Gasteiger partial charge in [0.1, 0.15) is 0 Å². The van der Waals surface area contributed by atoms with Crippen molar-refractivity contribution in [2.45, 2.75) is 81.9 Å². The summed E-state index contributed by atoms with van der Waals surface area (Å²) in [4.78, 5) is 5.55. The molecule has 0 saturated heterocycles. The van der Waals surface area contributed by atoms with Crippen LogP contribution in [0.1, 0.15) is 51.6 Å². The molecule has 1 aromatic heterocycles. The fraction of sp³-hybridized carbons (Fsp3) is 0.522. The molecule has 0 aliphatic heterocycles. The van der Waals surface area contributed by atoms with E-state index < -0.39 is 8.32 Å². The van der Waals surface area contributed by atoms with E-state index in [0.717, 1.165) is 34.9 Å². The van der Waals surface area contributed by atoms with E-state index in [4.69, 9.17) is 16.1 Å². The molecule has 2 rings (SSSR count). The predicted molar refractivity (Wildman–Crippen MR) is 126 cm³/mol. The summed E-state index contributed by atoms with van der Waals surface area (Å²) >= 11 is 1.60. The molecule has 1 heterocycles. The summed E-state index contributed by atoms with van der Waals surface area (Å²) in [6.07, 6.45) is 1.70. The van der Waals surface area contributed by atoms with Gasteiger partial charge in [-0.15, -0.1) is 0 Å². The number of aromatic nitrogens is 2. The Morgan fingerprint density at radius 1 is 1.23 bits per heavy atom. The van der Waals surface area contributed by atoms with Crippen LogP contribution < -0.4 is 0 Å². The highest BCUT2D eigenvalue weighted by Gasteiger charge is 2.37. The second-order valence-corrected chi connectivity index (χ2v) is 14.7. The van der Waals surface area contributed by atoms with Gasteiger partial charge in [0.25, 0.3) is 0 Å². The lowest BCUT2D eigenvalue weighted by molar-refractivity contribution is 0.264. The largest absolute Gasteiger partial charge is 0.415 e. The Kier molecular flexibility index (Phi) is 7.93. The number of benzene rings is 1. The molecular formula is C23H32N4OSSi. The van der Waals surface area contributed by atoms with E-state index in [9.17, 15) is 5.26 Å². The van der Waals surface area contributed by atoms with Gasteiger partial charge in [0.05, 0.1) is 42.1 Å². The molecule has 0 spiro atoms. The second kappa shape index (κ2) is 9.83. The van der Waals surface area contributed by atoms with Crippen molar-refractivity contribution >= 4 is 25.8 Å². The van der Waals surface area contributed by atoms with Crippen LogP contribution in [0.2, 0.25) is 18.1 Å². The monoisotopic (exact) mass is 440 g/mol. The minimum absolute atomic E-state index is 0.187. The Labute approximate surface area is 186 Å². The number of nitriles is 1. The van der Waals surface area contributed by atoms with Gasteiger partial charge in [0.15, 0.2) is 14.0 Å². The van der Waals surface area contributed by atoms with Crippen molar-refractivity contribution in [2.24, 2.45) is 0 Å². The number of rotatable bonds is 8. The van der Waals surface area contributed by atoms with Crippen molar-refractivity contribution in [3.63, 3.8) is 0 Å². The summed E-state index contributed by atoms with van der Waals surface area (Å²) in [5.74, 6) is 0. The van der Waals surface area contributed by atoms with E-state index in [2.05, 4.69) is 63.3 Å². The van der Waals surface area contributed by atoms with Gasteiger partial charge in [-0.25, -0.2) is 4.85 Å². The standard InChI is InChI=1S/C23H32N4OSSi/c1-9-20-22(29-19-14-17(16-24)13-18(15-19)25-6)21(10-2)27(26-20)11-12-28-30(7,8)23(3,4)5/h13-15H,9-12H2,1-5,7-8H3. The average Bonchev–Trinajstić information content (AvgIpc) is 3.02. The Morgan fingerprint density at radius 3 is 2.47 bits per heavy atom. The summed E-state index contributed by atoms with van der Waals surface area (Å²) in [5, 5.41) is 14.3. The summed E-state index contributed by atoms with van der Waals surface area (Å²) in [6, 6.07) is 7.47. The smallest absolute Gasteiger partial charge is 0.192 e. The van der Waals surface area contributed by atoms with Gasteiger partial charge in [0, 0.05) is 10.5 Å². The molecule has 0 aliphatic rings. The molecule has 2 aromatic rings. The van der Waals surface area contributed by atoms with Gasteiger partial charge in [-0.3, -0.25) is 4.68 Å². The molecule has 30 heavy (non-hydrogen) atoms. The Balaban J connectivity index is 2.29. The highest BCUT2D eigenvalue weighted by atomic mass is 32.2. The van der Waals surface area contributed by atoms with Crippen LogP contribution in [0.5, 0.6) is 0 Å². The highest BCUT2D eigenvalue weighted by molar-refractivity contribution is 7.99. The molecule has 0 N–H and O–H groups in total. The summed E-state index contributed by atoms with van der Waals surface area (Å²) in [6.45, 7) is 24.2. The third kappa shape index (κ3) is 5.54. The number of hydrogen-bond acceptors (Lipinski definition) is 4. The third-order valence-electron chi connectivity index (χ3n) is 5.69. The zero-order valence-electron chi connectivity index (χ0n) is 19.2. The van der Waals surface area contributed by atoms with Crippen molar-refractivity contribution < 1.29 is 4.43 Å². The molecule has 0 bridgehead atoms. The van der Waals surface area contributed by atoms with Crippen molar-refractivity contribution in [1.29, 1.82) is 5.26 Å². The molecule has 5 nitrogen and oxygen atoms in total. The molecule has 0 atom stereocenters. The first kappa shape index (κ1) is 24.2. The number of aryl methyl sites for hydroxylation is 1. The van der Waals surface area contributed by atoms with E-state index in [1.165, 1.54) is 5.69 Å². The fourth-order valence-corrected chi connectivity index (χ4v) is 5.21. The zero-order chi connectivity index (χ0) is 22.5. The lowest BCUT2D eigenvalue weighted by Gasteiger charge is -2.36. The van der Waals surface area contributed by atoms with Gasteiger partial charge >= 0.3 is 0 Å². The summed E-state index contributed by atoms with van der Waals surface area (Å²) < 4.78 is 8.44. The molecule has 0 unspecified atom stereocenters. The first-order chi connectivity index (χ1) is 14.1. The summed E-state index contributed by atoms with van der Waals surface area (Å²) in [5.41, 5.74) is 3.23. The van der Waals surface area contributed by atoms with E-state index >= 15 is 0 Å². The molecule has 7 heteroatoms. The molecule has 0 fully saturated rings. The molecule has 0 radical (unpaired) electrons. The van der Waals surface area contributed by atoms with Gasteiger partial charge in [-0.1, -0.05) is 46.4 Å². The number of hydrogen-bond donors (Lipinski definition) is 0. The SMILES string of the molecule is [C-]#[N+]c1cc(C#N)cc(Sc2c(CC)nn(CCO[Si](C)(C)C(C)(C)C)c2CC)c1. The van der Waals surface area contributed by atoms with E-state index in [1.54, 1.807) is 17.8 Å². The maximum absolute atomic E-state index is 9.28. The van der Waals surface area contributed by atoms with Crippen molar-refractivity contribution in [1.82, 2.24) is 9.78 Å². The lowest BCUT2D eigenvalue weighted by Crippen LogP contribution is -2.41. The van der Waals surface area contributed by atoms with Gasteiger partial charge in [0.2, 0.25) is 0 Å². The van der Waals surface area contributed by atoms with E-state index in [0.29, 0.717) is 17.9 Å². The molecule has 1 aromatic carbocycles. The molecule has 0 saturated carbocycles. The predicted octanol–water partition coefficient (Wildman–Crippen LogP) is 6.60. The van der Waals surface area contributed by atoms with Crippen LogP contribution in [-0.2, 0) is 23.8 Å². The van der Waals surface area contributed by atoms with Crippen LogP contribution >= 0.6 is 11.8 Å². The first-order valence-electron chi connectivity index (χ1n) is 10.4. The van der Waals surface area contributed by atoms with Crippen LogP contribution in [0.25, 0.3) is 4.85 Å². The van der Waals surface area contributed by atoms with Crippen LogP contribution in [-0.4, -0.2) is 24.7 Å². The van der Waals surface area contributed by atoms with E-state index in [1.807, 2.05) is 12.1 Å². The van der Waals surface area contributed by atoms with E-state index in [-0.39, 0.29) is 5.04 Å². The molecular weight excluding hydrogens is 408 g/mol. The zero-order valence-corrected chi connectivity index (χ0v) is 21.0. The van der Waals surface area contributed by atoms with Gasteiger partial charge < -0.3 is 4.43 Å². The molecule has 0 aliphatic carbocycles. The Bertz CT molecular complexity index is 945. The second-order valence-electron chi connectivity index (χ2n) is 8.80. The Morgan fingerprint density at radius 2 is 1.93 bits per heavy atom. The van der Waals surface area contributed by atoms with Gasteiger partial charge in [-0.05, 0) is 49.2 Å². The topological polar surface area (TPSA) is 55.2 Å². The van der Waals surface area contributed by atoms with Crippen molar-refractivity contribution in [2.75, 3.05) is 6.61 Å². The minimum atomic E-state index is -1.79. The molecule has 160 valence electrons. The maximum atomic E-state index is 9.28.